The summed E-state index contributed by atoms with van der Waals surface area (Å²) in [5.41, 5.74) is 1.66. The third kappa shape index (κ3) is 4.39. The highest BCUT2D eigenvalue weighted by Crippen LogP contribution is 2.36. The molecule has 1 heterocycles. The van der Waals surface area contributed by atoms with Gasteiger partial charge in [-0.2, -0.15) is 0 Å². The SMILES string of the molecule is COc1cc2c(cc1NC(=O)COC(=O)CC(C)(C)C)oc1ccccc12. The molecule has 142 valence electrons. The van der Waals surface area contributed by atoms with Gasteiger partial charge in [-0.05, 0) is 17.5 Å². The van der Waals surface area contributed by atoms with Gasteiger partial charge in [-0.25, -0.2) is 0 Å². The second-order valence-electron chi connectivity index (χ2n) is 7.59. The molecule has 1 N–H and O–H groups in total. The summed E-state index contributed by atoms with van der Waals surface area (Å²) in [4.78, 5) is 24.0. The number of nitrogens with one attached hydrogen (secondary N) is 1. The molecule has 0 saturated heterocycles. The summed E-state index contributed by atoms with van der Waals surface area (Å²) in [6, 6.07) is 11.2. The van der Waals surface area contributed by atoms with E-state index in [-0.39, 0.29) is 18.4 Å². The zero-order valence-corrected chi connectivity index (χ0v) is 15.9. The highest BCUT2D eigenvalue weighted by atomic mass is 16.5. The Morgan fingerprint density at radius 3 is 2.52 bits per heavy atom. The molecule has 0 aliphatic heterocycles. The number of para-hydroxylation sites is 1. The molecule has 6 heteroatoms. The largest absolute Gasteiger partial charge is 0.495 e. The maximum atomic E-state index is 12.2. The van der Waals surface area contributed by atoms with Crippen LogP contribution in [0.15, 0.2) is 40.8 Å². The predicted molar refractivity (Wildman–Crippen MR) is 104 cm³/mol. The lowest BCUT2D eigenvalue weighted by Crippen LogP contribution is -2.23. The Balaban J connectivity index is 1.76. The van der Waals surface area contributed by atoms with Crippen LogP contribution in [0.2, 0.25) is 0 Å². The maximum absolute atomic E-state index is 12.2. The van der Waals surface area contributed by atoms with Gasteiger partial charge < -0.3 is 19.2 Å². The van der Waals surface area contributed by atoms with Gasteiger partial charge in [0.2, 0.25) is 0 Å². The topological polar surface area (TPSA) is 77.8 Å². The third-order valence-electron chi connectivity index (χ3n) is 4.01. The number of rotatable bonds is 5. The van der Waals surface area contributed by atoms with E-state index in [0.29, 0.717) is 17.0 Å². The molecule has 0 aliphatic rings. The van der Waals surface area contributed by atoms with Crippen molar-refractivity contribution in [2.24, 2.45) is 5.41 Å². The fraction of sp³-hybridized carbons (Fsp3) is 0.333. The third-order valence-corrected chi connectivity index (χ3v) is 4.01. The number of hydrogen-bond acceptors (Lipinski definition) is 5. The Kier molecular flexibility index (Phi) is 5.08. The fourth-order valence-electron chi connectivity index (χ4n) is 2.83. The number of fused-ring (bicyclic) bond motifs is 3. The van der Waals surface area contributed by atoms with E-state index >= 15 is 0 Å². The number of carbonyl (C=O) groups is 2. The molecule has 0 saturated carbocycles. The molecular formula is C21H23NO5. The molecule has 0 radical (unpaired) electrons. The standard InChI is InChI=1S/C21H23NO5/c1-21(2,3)11-20(24)26-12-19(23)22-15-10-17-14(9-18(15)25-4)13-7-5-6-8-16(13)27-17/h5-10H,11-12H2,1-4H3,(H,22,23). The first-order valence-electron chi connectivity index (χ1n) is 8.71. The van der Waals surface area contributed by atoms with Crippen molar-refractivity contribution in [3.63, 3.8) is 0 Å². The lowest BCUT2D eigenvalue weighted by molar-refractivity contribution is -0.149. The number of ether oxygens (including phenoxy) is 2. The zero-order valence-electron chi connectivity index (χ0n) is 15.9. The molecule has 0 spiro atoms. The number of hydrogen-bond donors (Lipinski definition) is 1. The molecule has 1 aromatic heterocycles. The average Bonchev–Trinajstić information content (AvgIpc) is 2.95. The zero-order chi connectivity index (χ0) is 19.6. The first-order valence-corrected chi connectivity index (χ1v) is 8.71. The van der Waals surface area contributed by atoms with Crippen LogP contribution in [0, 0.1) is 5.41 Å². The van der Waals surface area contributed by atoms with Gasteiger partial charge in [0.15, 0.2) is 6.61 Å². The van der Waals surface area contributed by atoms with Crippen LogP contribution in [0.3, 0.4) is 0 Å². The summed E-state index contributed by atoms with van der Waals surface area (Å²) in [5, 5.41) is 4.59. The number of carbonyl (C=O) groups excluding carboxylic acids is 2. The number of esters is 1. The van der Waals surface area contributed by atoms with Crippen molar-refractivity contribution in [1.29, 1.82) is 0 Å². The van der Waals surface area contributed by atoms with Crippen molar-refractivity contribution in [2.75, 3.05) is 19.0 Å². The summed E-state index contributed by atoms with van der Waals surface area (Å²) in [7, 11) is 1.53. The summed E-state index contributed by atoms with van der Waals surface area (Å²) < 4.78 is 16.3. The Bertz CT molecular complexity index is 997. The van der Waals surface area contributed by atoms with E-state index in [4.69, 9.17) is 13.9 Å². The van der Waals surface area contributed by atoms with Crippen molar-refractivity contribution >= 4 is 39.5 Å². The number of amides is 1. The monoisotopic (exact) mass is 369 g/mol. The minimum atomic E-state index is -0.439. The summed E-state index contributed by atoms with van der Waals surface area (Å²) in [5.74, 6) is -0.341. The molecule has 3 rings (SSSR count). The molecule has 0 atom stereocenters. The van der Waals surface area contributed by atoms with Crippen molar-refractivity contribution in [1.82, 2.24) is 0 Å². The first kappa shape index (κ1) is 18.8. The van der Waals surface area contributed by atoms with Gasteiger partial charge in [-0.15, -0.1) is 0 Å². The summed E-state index contributed by atoms with van der Waals surface area (Å²) in [6.07, 6.45) is 0.245. The number of benzene rings is 2. The number of methoxy groups -OCH3 is 1. The van der Waals surface area contributed by atoms with Crippen LogP contribution in [-0.4, -0.2) is 25.6 Å². The maximum Gasteiger partial charge on any atom is 0.306 e. The lowest BCUT2D eigenvalue weighted by atomic mass is 9.92. The van der Waals surface area contributed by atoms with Crippen LogP contribution < -0.4 is 10.1 Å². The summed E-state index contributed by atoms with van der Waals surface area (Å²) >= 11 is 0. The minimum Gasteiger partial charge on any atom is -0.495 e. The van der Waals surface area contributed by atoms with Gasteiger partial charge >= 0.3 is 5.97 Å². The molecule has 0 fully saturated rings. The smallest absolute Gasteiger partial charge is 0.306 e. The van der Waals surface area contributed by atoms with E-state index in [0.717, 1.165) is 16.4 Å². The molecule has 0 aliphatic carbocycles. The van der Waals surface area contributed by atoms with E-state index in [1.165, 1.54) is 7.11 Å². The average molecular weight is 369 g/mol. The lowest BCUT2D eigenvalue weighted by Gasteiger charge is -2.16. The Hall–Kier alpha value is -3.02. The molecule has 2 aromatic carbocycles. The van der Waals surface area contributed by atoms with Crippen molar-refractivity contribution in [2.45, 2.75) is 27.2 Å². The molecule has 0 unspecified atom stereocenters. The second-order valence-corrected chi connectivity index (χ2v) is 7.59. The van der Waals surface area contributed by atoms with E-state index < -0.39 is 11.9 Å². The van der Waals surface area contributed by atoms with Crippen LogP contribution >= 0.6 is 0 Å². The van der Waals surface area contributed by atoms with Crippen molar-refractivity contribution in [3.05, 3.63) is 36.4 Å². The van der Waals surface area contributed by atoms with Crippen LogP contribution in [0.5, 0.6) is 5.75 Å². The Morgan fingerprint density at radius 2 is 1.81 bits per heavy atom. The van der Waals surface area contributed by atoms with Crippen molar-refractivity contribution in [3.8, 4) is 5.75 Å². The molecule has 27 heavy (non-hydrogen) atoms. The van der Waals surface area contributed by atoms with Gasteiger partial charge in [0.05, 0.1) is 19.2 Å². The van der Waals surface area contributed by atoms with E-state index in [1.54, 1.807) is 6.07 Å². The number of furan rings is 1. The molecular weight excluding hydrogens is 346 g/mol. The van der Waals surface area contributed by atoms with Crippen molar-refractivity contribution < 1.29 is 23.5 Å². The second kappa shape index (κ2) is 7.31. The van der Waals surface area contributed by atoms with Gasteiger partial charge in [0.1, 0.15) is 16.9 Å². The highest BCUT2D eigenvalue weighted by Gasteiger charge is 2.19. The van der Waals surface area contributed by atoms with E-state index in [2.05, 4.69) is 5.32 Å². The predicted octanol–water partition coefficient (Wildman–Crippen LogP) is 4.51. The Labute approximate surface area is 157 Å². The van der Waals surface area contributed by atoms with Crippen LogP contribution in [0.1, 0.15) is 27.2 Å². The Morgan fingerprint density at radius 1 is 1.07 bits per heavy atom. The molecule has 6 nitrogen and oxygen atoms in total. The molecule has 0 bridgehead atoms. The quantitative estimate of drug-likeness (QED) is 0.670. The normalized spacial score (nSPS) is 11.6. The first-order chi connectivity index (χ1) is 12.8. The van der Waals surface area contributed by atoms with Gasteiger partial charge in [0.25, 0.3) is 5.91 Å². The minimum absolute atomic E-state index is 0.191. The van der Waals surface area contributed by atoms with Gasteiger partial charge in [-0.1, -0.05) is 39.0 Å². The van der Waals surface area contributed by atoms with Crippen LogP contribution in [0.25, 0.3) is 21.9 Å². The number of anilines is 1. The summed E-state index contributed by atoms with van der Waals surface area (Å²) in [6.45, 7) is 5.45. The van der Waals surface area contributed by atoms with Gasteiger partial charge in [-0.3, -0.25) is 9.59 Å². The molecule has 1 amide bonds. The molecule has 3 aromatic rings. The fourth-order valence-corrected chi connectivity index (χ4v) is 2.83. The van der Waals surface area contributed by atoms with E-state index in [1.807, 2.05) is 51.1 Å². The van der Waals surface area contributed by atoms with Crippen LogP contribution in [0.4, 0.5) is 5.69 Å². The van der Waals surface area contributed by atoms with Gasteiger partial charge in [0, 0.05) is 16.8 Å². The highest BCUT2D eigenvalue weighted by molar-refractivity contribution is 6.07. The van der Waals surface area contributed by atoms with E-state index in [9.17, 15) is 9.59 Å². The van der Waals surface area contributed by atoms with Crippen LogP contribution in [-0.2, 0) is 14.3 Å².